The molecule has 1 aliphatic carbocycles. The van der Waals surface area contributed by atoms with E-state index in [1.807, 2.05) is 12.1 Å². The van der Waals surface area contributed by atoms with Crippen LogP contribution >= 0.6 is 11.3 Å². The molecule has 0 unspecified atom stereocenters. The summed E-state index contributed by atoms with van der Waals surface area (Å²) >= 11 is 1.80. The number of benzene rings is 1. The van der Waals surface area contributed by atoms with E-state index in [0.717, 1.165) is 30.1 Å². The monoisotopic (exact) mass is 302 g/mol. The standard InChI is InChI=1S/C17H22N2OS/c1-2-10-20-16-7-3-6-15(17(16)18)19(13-8-9-13)12-14-5-4-11-21-14/h3-7,11,13H,2,8-10,12,18H2,1H3. The fourth-order valence-electron chi connectivity index (χ4n) is 2.49. The van der Waals surface area contributed by atoms with Crippen LogP contribution in [0, 0.1) is 0 Å². The molecule has 0 amide bonds. The van der Waals surface area contributed by atoms with Gasteiger partial charge in [0.1, 0.15) is 5.75 Å². The van der Waals surface area contributed by atoms with E-state index in [2.05, 4.69) is 35.4 Å². The lowest BCUT2D eigenvalue weighted by molar-refractivity contribution is 0.319. The summed E-state index contributed by atoms with van der Waals surface area (Å²) in [5.74, 6) is 0.811. The number of hydrogen-bond acceptors (Lipinski definition) is 4. The third-order valence-electron chi connectivity index (χ3n) is 3.71. The number of para-hydroxylation sites is 1. The normalized spacial score (nSPS) is 14.1. The number of thiophene rings is 1. The summed E-state index contributed by atoms with van der Waals surface area (Å²) in [6.07, 6.45) is 3.50. The third kappa shape index (κ3) is 3.32. The van der Waals surface area contributed by atoms with E-state index in [1.165, 1.54) is 17.7 Å². The van der Waals surface area contributed by atoms with Gasteiger partial charge < -0.3 is 15.4 Å². The van der Waals surface area contributed by atoms with Crippen molar-refractivity contribution in [2.24, 2.45) is 0 Å². The number of rotatable bonds is 7. The molecule has 1 heterocycles. The molecule has 112 valence electrons. The van der Waals surface area contributed by atoms with Crippen molar-refractivity contribution in [3.05, 3.63) is 40.6 Å². The number of hydrogen-bond donors (Lipinski definition) is 1. The van der Waals surface area contributed by atoms with Gasteiger partial charge in [-0.05, 0) is 42.8 Å². The van der Waals surface area contributed by atoms with Gasteiger partial charge in [-0.15, -0.1) is 11.3 Å². The summed E-state index contributed by atoms with van der Waals surface area (Å²) in [7, 11) is 0. The Morgan fingerprint density at radius 3 is 2.81 bits per heavy atom. The highest BCUT2D eigenvalue weighted by Gasteiger charge is 2.31. The van der Waals surface area contributed by atoms with E-state index in [1.54, 1.807) is 11.3 Å². The molecule has 0 bridgehead atoms. The van der Waals surface area contributed by atoms with Gasteiger partial charge in [0.25, 0.3) is 0 Å². The molecule has 1 aliphatic rings. The van der Waals surface area contributed by atoms with Crippen molar-refractivity contribution in [1.29, 1.82) is 0 Å². The average Bonchev–Trinajstić information content (AvgIpc) is 3.21. The molecule has 4 heteroatoms. The topological polar surface area (TPSA) is 38.5 Å². The van der Waals surface area contributed by atoms with Crippen LogP contribution in [-0.2, 0) is 6.54 Å². The van der Waals surface area contributed by atoms with E-state index < -0.39 is 0 Å². The molecule has 0 saturated heterocycles. The van der Waals surface area contributed by atoms with Gasteiger partial charge in [-0.3, -0.25) is 0 Å². The van der Waals surface area contributed by atoms with E-state index in [4.69, 9.17) is 10.5 Å². The van der Waals surface area contributed by atoms with E-state index >= 15 is 0 Å². The SMILES string of the molecule is CCCOc1cccc(N(Cc2cccs2)C2CC2)c1N. The Hall–Kier alpha value is -1.68. The van der Waals surface area contributed by atoms with Crippen LogP contribution in [0.15, 0.2) is 35.7 Å². The number of anilines is 2. The summed E-state index contributed by atoms with van der Waals surface area (Å²) in [6.45, 7) is 3.75. The maximum atomic E-state index is 6.36. The number of ether oxygens (including phenoxy) is 1. The zero-order valence-corrected chi connectivity index (χ0v) is 13.2. The minimum Gasteiger partial charge on any atom is -0.491 e. The second-order valence-electron chi connectivity index (χ2n) is 5.48. The number of nitrogens with zero attached hydrogens (tertiary/aromatic N) is 1. The highest BCUT2D eigenvalue weighted by Crippen LogP contribution is 2.40. The lowest BCUT2D eigenvalue weighted by Gasteiger charge is -2.26. The Morgan fingerprint density at radius 2 is 2.14 bits per heavy atom. The molecule has 1 saturated carbocycles. The molecule has 21 heavy (non-hydrogen) atoms. The summed E-state index contributed by atoms with van der Waals surface area (Å²) in [5.41, 5.74) is 8.24. The Labute approximate surface area is 130 Å². The molecule has 2 aromatic rings. The second-order valence-corrected chi connectivity index (χ2v) is 6.51. The van der Waals surface area contributed by atoms with Crippen LogP contribution in [0.1, 0.15) is 31.1 Å². The fraction of sp³-hybridized carbons (Fsp3) is 0.412. The summed E-state index contributed by atoms with van der Waals surface area (Å²) < 4.78 is 5.76. The summed E-state index contributed by atoms with van der Waals surface area (Å²) in [5, 5.41) is 2.13. The molecular formula is C17H22N2OS. The highest BCUT2D eigenvalue weighted by molar-refractivity contribution is 7.09. The molecule has 3 rings (SSSR count). The molecule has 0 spiro atoms. The Morgan fingerprint density at radius 1 is 1.29 bits per heavy atom. The molecule has 0 atom stereocenters. The van der Waals surface area contributed by atoms with Crippen LogP contribution in [-0.4, -0.2) is 12.6 Å². The zero-order chi connectivity index (χ0) is 14.7. The molecule has 1 aromatic heterocycles. The molecular weight excluding hydrogens is 280 g/mol. The van der Waals surface area contributed by atoms with Gasteiger partial charge in [0.05, 0.1) is 24.5 Å². The van der Waals surface area contributed by atoms with Crippen LogP contribution in [0.4, 0.5) is 11.4 Å². The minimum atomic E-state index is 0.621. The first kappa shape index (κ1) is 14.3. The van der Waals surface area contributed by atoms with Gasteiger partial charge in [0.2, 0.25) is 0 Å². The highest BCUT2D eigenvalue weighted by atomic mass is 32.1. The van der Waals surface area contributed by atoms with Crippen molar-refractivity contribution in [1.82, 2.24) is 0 Å². The Balaban J connectivity index is 1.85. The maximum absolute atomic E-state index is 6.36. The largest absolute Gasteiger partial charge is 0.491 e. The maximum Gasteiger partial charge on any atom is 0.144 e. The summed E-state index contributed by atoms with van der Waals surface area (Å²) in [4.78, 5) is 3.81. The molecule has 0 aliphatic heterocycles. The third-order valence-corrected chi connectivity index (χ3v) is 4.57. The quantitative estimate of drug-likeness (QED) is 0.775. The van der Waals surface area contributed by atoms with Gasteiger partial charge >= 0.3 is 0 Å². The fourth-order valence-corrected chi connectivity index (χ4v) is 3.19. The molecule has 3 nitrogen and oxygen atoms in total. The van der Waals surface area contributed by atoms with Crippen LogP contribution in [0.2, 0.25) is 0 Å². The second kappa shape index (κ2) is 6.39. The zero-order valence-electron chi connectivity index (χ0n) is 12.4. The molecule has 1 fully saturated rings. The van der Waals surface area contributed by atoms with Crippen LogP contribution in [0.3, 0.4) is 0 Å². The Bertz CT molecular complexity index is 578. The van der Waals surface area contributed by atoms with Crippen molar-refractivity contribution in [2.45, 2.75) is 38.8 Å². The lowest BCUT2D eigenvalue weighted by Crippen LogP contribution is -2.25. The summed E-state index contributed by atoms with van der Waals surface area (Å²) in [6, 6.07) is 11.0. The van der Waals surface area contributed by atoms with Crippen molar-refractivity contribution in [3.8, 4) is 5.75 Å². The van der Waals surface area contributed by atoms with Gasteiger partial charge in [0, 0.05) is 10.9 Å². The van der Waals surface area contributed by atoms with Crippen molar-refractivity contribution in [2.75, 3.05) is 17.2 Å². The van der Waals surface area contributed by atoms with Crippen LogP contribution < -0.4 is 15.4 Å². The molecule has 0 radical (unpaired) electrons. The van der Waals surface area contributed by atoms with Gasteiger partial charge in [-0.1, -0.05) is 19.1 Å². The first-order valence-corrected chi connectivity index (χ1v) is 8.48. The van der Waals surface area contributed by atoms with Crippen LogP contribution in [0.5, 0.6) is 5.75 Å². The van der Waals surface area contributed by atoms with E-state index in [9.17, 15) is 0 Å². The van der Waals surface area contributed by atoms with Gasteiger partial charge in [-0.2, -0.15) is 0 Å². The van der Waals surface area contributed by atoms with E-state index in [-0.39, 0.29) is 0 Å². The first-order chi connectivity index (χ1) is 10.3. The molecule has 1 aromatic carbocycles. The van der Waals surface area contributed by atoms with Crippen molar-refractivity contribution >= 4 is 22.7 Å². The van der Waals surface area contributed by atoms with E-state index in [0.29, 0.717) is 12.6 Å². The van der Waals surface area contributed by atoms with Crippen molar-refractivity contribution < 1.29 is 4.74 Å². The predicted octanol–water partition coefficient (Wildman–Crippen LogP) is 4.29. The van der Waals surface area contributed by atoms with Crippen molar-refractivity contribution in [3.63, 3.8) is 0 Å². The Kier molecular flexibility index (Phi) is 4.34. The van der Waals surface area contributed by atoms with Crippen LogP contribution in [0.25, 0.3) is 0 Å². The first-order valence-electron chi connectivity index (χ1n) is 7.60. The smallest absolute Gasteiger partial charge is 0.144 e. The number of nitrogen functional groups attached to an aromatic ring is 1. The molecule has 2 N–H and O–H groups in total. The number of nitrogens with two attached hydrogens (primary N) is 1. The lowest BCUT2D eigenvalue weighted by atomic mass is 10.2. The predicted molar refractivity (Wildman–Crippen MR) is 90.2 cm³/mol. The van der Waals surface area contributed by atoms with Gasteiger partial charge in [0.15, 0.2) is 0 Å². The minimum absolute atomic E-state index is 0.621. The van der Waals surface area contributed by atoms with Gasteiger partial charge in [-0.25, -0.2) is 0 Å². The average molecular weight is 302 g/mol.